The molecule has 2 aromatic carbocycles. The summed E-state index contributed by atoms with van der Waals surface area (Å²) in [6.07, 6.45) is 0.670. The highest BCUT2D eigenvalue weighted by atomic mass is 16.4. The summed E-state index contributed by atoms with van der Waals surface area (Å²) in [5.41, 5.74) is 18.2. The van der Waals surface area contributed by atoms with Gasteiger partial charge in [-0.15, -0.1) is 0 Å². The summed E-state index contributed by atoms with van der Waals surface area (Å²) < 4.78 is 0. The standard InChI is InChI=1S/C30H43N7O7/c1-17(2)14-25(29(43)44)37-28(42)24(16-19-7-11-21(39)12-8-19)36-27(41)23(4-3-13-34-30(32)33)35-26(40)22(31)15-18-5-9-20(38)10-6-18/h5-12,17,22-25,38-39H,3-4,13-16,31H2,1-2H3,(H,35,40)(H,36,41)(H,37,42)(H,43,44)(H4,32,33,34). The van der Waals surface area contributed by atoms with Crippen LogP contribution in [0, 0.1) is 5.92 Å². The molecule has 44 heavy (non-hydrogen) atoms. The first kappa shape index (κ1) is 35.3. The van der Waals surface area contributed by atoms with Crippen molar-refractivity contribution in [3.63, 3.8) is 0 Å². The maximum Gasteiger partial charge on any atom is 0.326 e. The molecule has 0 heterocycles. The molecule has 12 N–H and O–H groups in total. The Kier molecular flexibility index (Phi) is 13.9. The lowest BCUT2D eigenvalue weighted by atomic mass is 10.0. The fraction of sp³-hybridized carbons (Fsp3) is 0.433. The number of nitrogens with two attached hydrogens (primary N) is 3. The van der Waals surface area contributed by atoms with Crippen molar-refractivity contribution in [2.75, 3.05) is 6.54 Å². The monoisotopic (exact) mass is 613 g/mol. The first-order chi connectivity index (χ1) is 20.7. The number of carboxylic acid groups (broad SMARTS) is 1. The molecule has 0 saturated carbocycles. The highest BCUT2D eigenvalue weighted by Crippen LogP contribution is 2.14. The second-order valence-electron chi connectivity index (χ2n) is 10.9. The molecule has 4 unspecified atom stereocenters. The molecule has 0 bridgehead atoms. The number of nitrogens with one attached hydrogen (secondary N) is 3. The van der Waals surface area contributed by atoms with E-state index in [9.17, 15) is 34.5 Å². The van der Waals surface area contributed by atoms with E-state index in [1.807, 2.05) is 13.8 Å². The van der Waals surface area contributed by atoms with Crippen molar-refractivity contribution in [1.82, 2.24) is 16.0 Å². The lowest BCUT2D eigenvalue weighted by Gasteiger charge is -2.26. The molecule has 3 amide bonds. The largest absolute Gasteiger partial charge is 0.508 e. The van der Waals surface area contributed by atoms with Crippen LogP contribution >= 0.6 is 0 Å². The van der Waals surface area contributed by atoms with Crippen LogP contribution in [-0.4, -0.2) is 75.7 Å². The number of guanidine groups is 1. The molecule has 14 nitrogen and oxygen atoms in total. The molecule has 0 aliphatic rings. The van der Waals surface area contributed by atoms with Gasteiger partial charge < -0.3 is 48.5 Å². The summed E-state index contributed by atoms with van der Waals surface area (Å²) in [6.45, 7) is 3.81. The number of carboxylic acids is 1. The predicted octanol–water partition coefficient (Wildman–Crippen LogP) is -0.151. The van der Waals surface area contributed by atoms with Crippen molar-refractivity contribution in [1.29, 1.82) is 0 Å². The Balaban J connectivity index is 2.26. The van der Waals surface area contributed by atoms with E-state index in [4.69, 9.17) is 17.2 Å². The topological polar surface area (TPSA) is 255 Å². The number of aromatic hydroxyl groups is 2. The molecule has 0 aromatic heterocycles. The number of aliphatic carboxylic acids is 1. The summed E-state index contributed by atoms with van der Waals surface area (Å²) in [6, 6.07) is 7.60. The second-order valence-corrected chi connectivity index (χ2v) is 10.9. The van der Waals surface area contributed by atoms with Crippen molar-refractivity contribution in [2.24, 2.45) is 28.1 Å². The summed E-state index contributed by atoms with van der Waals surface area (Å²) in [5, 5.41) is 36.6. The summed E-state index contributed by atoms with van der Waals surface area (Å²) in [5.74, 6) is -3.36. The number of phenolic OH excluding ortho intramolecular Hbond substituents is 2. The minimum absolute atomic E-state index is 0.00820. The minimum Gasteiger partial charge on any atom is -0.508 e. The molecular weight excluding hydrogens is 570 g/mol. The van der Waals surface area contributed by atoms with Crippen LogP contribution in [0.5, 0.6) is 11.5 Å². The third kappa shape index (κ3) is 12.6. The fourth-order valence-corrected chi connectivity index (χ4v) is 4.34. The molecule has 14 heteroatoms. The number of hydrogen-bond acceptors (Lipinski definition) is 8. The van der Waals surface area contributed by atoms with Crippen LogP contribution in [0.25, 0.3) is 0 Å². The van der Waals surface area contributed by atoms with Gasteiger partial charge in [0.15, 0.2) is 5.96 Å². The molecule has 4 atom stereocenters. The van der Waals surface area contributed by atoms with Crippen molar-refractivity contribution in [2.45, 2.75) is 70.1 Å². The van der Waals surface area contributed by atoms with Crippen molar-refractivity contribution in [3.05, 3.63) is 59.7 Å². The summed E-state index contributed by atoms with van der Waals surface area (Å²) in [4.78, 5) is 55.7. The Morgan fingerprint density at radius 1 is 0.750 bits per heavy atom. The number of benzene rings is 2. The van der Waals surface area contributed by atoms with Crippen LogP contribution < -0.4 is 33.2 Å². The quantitative estimate of drug-likeness (QED) is 0.0647. The van der Waals surface area contributed by atoms with E-state index in [0.29, 0.717) is 17.5 Å². The maximum absolute atomic E-state index is 13.6. The molecule has 0 aliphatic heterocycles. The van der Waals surface area contributed by atoms with Crippen molar-refractivity contribution < 1.29 is 34.5 Å². The van der Waals surface area contributed by atoms with Gasteiger partial charge in [-0.2, -0.15) is 0 Å². The first-order valence-electron chi connectivity index (χ1n) is 14.3. The van der Waals surface area contributed by atoms with Crippen LogP contribution in [0.1, 0.15) is 44.2 Å². The van der Waals surface area contributed by atoms with E-state index in [1.54, 1.807) is 24.3 Å². The van der Waals surface area contributed by atoms with Crippen molar-refractivity contribution in [3.8, 4) is 11.5 Å². The maximum atomic E-state index is 13.6. The van der Waals surface area contributed by atoms with Crippen LogP contribution in [-0.2, 0) is 32.0 Å². The fourth-order valence-electron chi connectivity index (χ4n) is 4.34. The Morgan fingerprint density at radius 3 is 1.73 bits per heavy atom. The highest BCUT2D eigenvalue weighted by molar-refractivity contribution is 5.94. The lowest BCUT2D eigenvalue weighted by molar-refractivity contribution is -0.142. The Labute approximate surface area is 256 Å². The second kappa shape index (κ2) is 17.3. The summed E-state index contributed by atoms with van der Waals surface area (Å²) >= 11 is 0. The molecule has 0 radical (unpaired) electrons. The van der Waals surface area contributed by atoms with E-state index in [-0.39, 0.29) is 55.6 Å². The average molecular weight is 614 g/mol. The zero-order valence-corrected chi connectivity index (χ0v) is 24.9. The van der Waals surface area contributed by atoms with Crippen LogP contribution in [0.3, 0.4) is 0 Å². The van der Waals surface area contributed by atoms with Gasteiger partial charge in [-0.25, -0.2) is 4.79 Å². The first-order valence-corrected chi connectivity index (χ1v) is 14.3. The van der Waals surface area contributed by atoms with E-state index in [1.165, 1.54) is 24.3 Å². The number of hydrogen-bond donors (Lipinski definition) is 9. The molecule has 0 saturated heterocycles. The van der Waals surface area contributed by atoms with E-state index < -0.39 is 47.9 Å². The molecule has 0 aliphatic carbocycles. The van der Waals surface area contributed by atoms with E-state index in [2.05, 4.69) is 20.9 Å². The predicted molar refractivity (Wildman–Crippen MR) is 164 cm³/mol. The number of rotatable bonds is 17. The molecule has 0 spiro atoms. The number of carbonyl (C=O) groups excluding carboxylic acids is 3. The zero-order valence-electron chi connectivity index (χ0n) is 24.9. The third-order valence-electron chi connectivity index (χ3n) is 6.64. The van der Waals surface area contributed by atoms with Gasteiger partial charge in [0.2, 0.25) is 17.7 Å². The van der Waals surface area contributed by atoms with Gasteiger partial charge in [0, 0.05) is 13.0 Å². The average Bonchev–Trinajstić information content (AvgIpc) is 2.95. The number of nitrogens with zero attached hydrogens (tertiary/aromatic N) is 1. The summed E-state index contributed by atoms with van der Waals surface area (Å²) in [7, 11) is 0. The molecular formula is C30H43N7O7. The zero-order chi connectivity index (χ0) is 32.8. The lowest BCUT2D eigenvalue weighted by Crippen LogP contribution is -2.57. The van der Waals surface area contributed by atoms with Gasteiger partial charge in [0.1, 0.15) is 29.6 Å². The number of carbonyl (C=O) groups is 4. The Morgan fingerprint density at radius 2 is 1.23 bits per heavy atom. The van der Waals surface area contributed by atoms with Crippen LogP contribution in [0.15, 0.2) is 53.5 Å². The third-order valence-corrected chi connectivity index (χ3v) is 6.64. The minimum atomic E-state index is -1.22. The van der Waals surface area contributed by atoms with Gasteiger partial charge in [0.05, 0.1) is 6.04 Å². The molecule has 240 valence electrons. The van der Waals surface area contributed by atoms with Gasteiger partial charge in [-0.1, -0.05) is 38.1 Å². The Hall–Kier alpha value is -4.85. The normalized spacial score (nSPS) is 13.6. The number of phenols is 2. The Bertz CT molecular complexity index is 1280. The van der Waals surface area contributed by atoms with Gasteiger partial charge in [-0.05, 0) is 67.0 Å². The van der Waals surface area contributed by atoms with Crippen LogP contribution in [0.2, 0.25) is 0 Å². The molecule has 2 aromatic rings. The smallest absolute Gasteiger partial charge is 0.326 e. The number of amides is 3. The van der Waals surface area contributed by atoms with E-state index in [0.717, 1.165) is 0 Å². The number of aliphatic imine (C=N–C) groups is 1. The van der Waals surface area contributed by atoms with Gasteiger partial charge in [-0.3, -0.25) is 19.4 Å². The van der Waals surface area contributed by atoms with Crippen LogP contribution in [0.4, 0.5) is 0 Å². The van der Waals surface area contributed by atoms with Crippen molar-refractivity contribution >= 4 is 29.7 Å². The highest BCUT2D eigenvalue weighted by Gasteiger charge is 2.31. The molecule has 2 rings (SSSR count). The van der Waals surface area contributed by atoms with Gasteiger partial charge in [0.25, 0.3) is 0 Å². The van der Waals surface area contributed by atoms with Gasteiger partial charge >= 0.3 is 5.97 Å². The SMILES string of the molecule is CC(C)CC(NC(=O)C(Cc1ccc(O)cc1)NC(=O)C(CCCN=C(N)N)NC(=O)C(N)Cc1ccc(O)cc1)C(=O)O. The van der Waals surface area contributed by atoms with E-state index >= 15 is 0 Å². The molecule has 0 fully saturated rings.